The second kappa shape index (κ2) is 3.58. The van der Waals surface area contributed by atoms with Crippen molar-refractivity contribution < 1.29 is 14.7 Å². The number of hydrogen-bond donors (Lipinski definition) is 2. The van der Waals surface area contributed by atoms with Crippen LogP contribution in [0.5, 0.6) is 0 Å². The lowest BCUT2D eigenvalue weighted by Crippen LogP contribution is -2.36. The molecule has 0 unspecified atom stereocenters. The molecule has 1 aliphatic carbocycles. The summed E-state index contributed by atoms with van der Waals surface area (Å²) >= 11 is 0. The van der Waals surface area contributed by atoms with Gasteiger partial charge in [0.05, 0.1) is 6.20 Å². The standard InChI is InChI=1S/C9H12N4O3/c1-9(2-3-9)10-7(14)5-13-4-6(8(15)16)11-12-13/h4H,2-3,5H2,1H3,(H,10,14)(H,15,16). The monoisotopic (exact) mass is 224 g/mol. The fraction of sp³-hybridized carbons (Fsp3) is 0.556. The van der Waals surface area contributed by atoms with Crippen molar-refractivity contribution in [3.8, 4) is 0 Å². The molecule has 1 heterocycles. The SMILES string of the molecule is CC1(NC(=O)Cn2cc(C(=O)O)nn2)CC1. The van der Waals surface area contributed by atoms with Crippen LogP contribution in [0.15, 0.2) is 6.20 Å². The molecule has 1 saturated carbocycles. The van der Waals surface area contributed by atoms with E-state index in [4.69, 9.17) is 5.11 Å². The van der Waals surface area contributed by atoms with Gasteiger partial charge in [0, 0.05) is 5.54 Å². The summed E-state index contributed by atoms with van der Waals surface area (Å²) in [6, 6.07) is 0. The molecule has 1 aromatic rings. The van der Waals surface area contributed by atoms with Crippen molar-refractivity contribution in [2.45, 2.75) is 31.8 Å². The fourth-order valence-electron chi connectivity index (χ4n) is 1.31. The molecule has 1 aromatic heterocycles. The van der Waals surface area contributed by atoms with Crippen LogP contribution < -0.4 is 5.32 Å². The topological polar surface area (TPSA) is 97.1 Å². The molecule has 2 rings (SSSR count). The van der Waals surface area contributed by atoms with Crippen LogP contribution in [0.4, 0.5) is 0 Å². The molecule has 0 atom stereocenters. The molecule has 1 aliphatic rings. The van der Waals surface area contributed by atoms with E-state index < -0.39 is 5.97 Å². The number of aromatic nitrogens is 3. The predicted octanol–water partition coefficient (Wildman–Crippen LogP) is -0.355. The van der Waals surface area contributed by atoms with Gasteiger partial charge in [-0.1, -0.05) is 5.21 Å². The summed E-state index contributed by atoms with van der Waals surface area (Å²) in [5.41, 5.74) is -0.238. The number of nitrogens with one attached hydrogen (secondary N) is 1. The molecule has 1 fully saturated rings. The van der Waals surface area contributed by atoms with Crippen molar-refractivity contribution in [3.05, 3.63) is 11.9 Å². The molecule has 0 spiro atoms. The fourth-order valence-corrected chi connectivity index (χ4v) is 1.31. The average molecular weight is 224 g/mol. The van der Waals surface area contributed by atoms with E-state index in [-0.39, 0.29) is 23.7 Å². The van der Waals surface area contributed by atoms with Gasteiger partial charge in [0.25, 0.3) is 0 Å². The Kier molecular flexibility index (Phi) is 2.37. The van der Waals surface area contributed by atoms with E-state index >= 15 is 0 Å². The highest BCUT2D eigenvalue weighted by atomic mass is 16.4. The molecule has 0 bridgehead atoms. The van der Waals surface area contributed by atoms with Crippen molar-refractivity contribution in [3.63, 3.8) is 0 Å². The van der Waals surface area contributed by atoms with Crippen molar-refractivity contribution >= 4 is 11.9 Å². The largest absolute Gasteiger partial charge is 0.476 e. The molecular weight excluding hydrogens is 212 g/mol. The first-order valence-electron chi connectivity index (χ1n) is 4.93. The minimum absolute atomic E-state index is 0.00410. The van der Waals surface area contributed by atoms with Gasteiger partial charge in [-0.2, -0.15) is 0 Å². The number of carboxylic acids is 1. The number of amides is 1. The van der Waals surface area contributed by atoms with Crippen LogP contribution in [-0.4, -0.2) is 37.5 Å². The van der Waals surface area contributed by atoms with Crippen molar-refractivity contribution in [2.75, 3.05) is 0 Å². The molecule has 0 aromatic carbocycles. The molecule has 7 heteroatoms. The Morgan fingerprint density at radius 2 is 2.31 bits per heavy atom. The number of aromatic carboxylic acids is 1. The number of carbonyl (C=O) groups is 2. The Bertz CT molecular complexity index is 436. The Hall–Kier alpha value is -1.92. The number of carboxylic acid groups (broad SMARTS) is 1. The third kappa shape index (κ3) is 2.36. The van der Waals surface area contributed by atoms with Gasteiger partial charge in [-0.05, 0) is 19.8 Å². The van der Waals surface area contributed by atoms with Crippen LogP contribution in [0.2, 0.25) is 0 Å². The predicted molar refractivity (Wildman–Crippen MR) is 52.8 cm³/mol. The van der Waals surface area contributed by atoms with Crippen LogP contribution in [0.1, 0.15) is 30.3 Å². The lowest BCUT2D eigenvalue weighted by atomic mass is 10.3. The Morgan fingerprint density at radius 3 is 2.81 bits per heavy atom. The summed E-state index contributed by atoms with van der Waals surface area (Å²) < 4.78 is 1.21. The van der Waals surface area contributed by atoms with Crippen LogP contribution >= 0.6 is 0 Å². The molecule has 86 valence electrons. The lowest BCUT2D eigenvalue weighted by molar-refractivity contribution is -0.122. The molecule has 7 nitrogen and oxygen atoms in total. The van der Waals surface area contributed by atoms with Gasteiger partial charge in [-0.15, -0.1) is 5.10 Å². The van der Waals surface area contributed by atoms with E-state index in [0.29, 0.717) is 0 Å². The molecule has 16 heavy (non-hydrogen) atoms. The third-order valence-corrected chi connectivity index (χ3v) is 2.50. The highest BCUT2D eigenvalue weighted by Gasteiger charge is 2.38. The highest BCUT2D eigenvalue weighted by Crippen LogP contribution is 2.34. The van der Waals surface area contributed by atoms with Gasteiger partial charge in [-0.25, -0.2) is 9.48 Å². The van der Waals surface area contributed by atoms with Crippen LogP contribution in [0, 0.1) is 0 Å². The second-order valence-electron chi connectivity index (χ2n) is 4.22. The Labute approximate surface area is 91.4 Å². The quantitative estimate of drug-likeness (QED) is 0.728. The van der Waals surface area contributed by atoms with E-state index in [2.05, 4.69) is 15.6 Å². The zero-order chi connectivity index (χ0) is 11.8. The molecular formula is C9H12N4O3. The van der Waals surface area contributed by atoms with E-state index in [1.165, 1.54) is 10.9 Å². The maximum Gasteiger partial charge on any atom is 0.358 e. The average Bonchev–Trinajstić information content (AvgIpc) is 2.74. The van der Waals surface area contributed by atoms with E-state index in [9.17, 15) is 9.59 Å². The maximum atomic E-state index is 11.5. The van der Waals surface area contributed by atoms with Gasteiger partial charge < -0.3 is 10.4 Å². The molecule has 2 N–H and O–H groups in total. The first-order valence-corrected chi connectivity index (χ1v) is 4.93. The lowest BCUT2D eigenvalue weighted by Gasteiger charge is -2.10. The Morgan fingerprint density at radius 1 is 1.62 bits per heavy atom. The summed E-state index contributed by atoms with van der Waals surface area (Å²) in [7, 11) is 0. The Balaban J connectivity index is 1.92. The molecule has 0 saturated heterocycles. The van der Waals surface area contributed by atoms with E-state index in [1.807, 2.05) is 6.92 Å². The van der Waals surface area contributed by atoms with Crippen molar-refractivity contribution in [2.24, 2.45) is 0 Å². The number of hydrogen-bond acceptors (Lipinski definition) is 4. The first-order chi connectivity index (χ1) is 7.48. The third-order valence-electron chi connectivity index (χ3n) is 2.50. The van der Waals surface area contributed by atoms with Crippen molar-refractivity contribution in [1.82, 2.24) is 20.3 Å². The summed E-state index contributed by atoms with van der Waals surface area (Å²) in [6.45, 7) is 1.96. The summed E-state index contributed by atoms with van der Waals surface area (Å²) in [4.78, 5) is 22.0. The smallest absolute Gasteiger partial charge is 0.358 e. The minimum Gasteiger partial charge on any atom is -0.476 e. The van der Waals surface area contributed by atoms with E-state index in [0.717, 1.165) is 12.8 Å². The van der Waals surface area contributed by atoms with Crippen LogP contribution in [-0.2, 0) is 11.3 Å². The summed E-state index contributed by atoms with van der Waals surface area (Å²) in [5.74, 6) is -1.33. The maximum absolute atomic E-state index is 11.5. The van der Waals surface area contributed by atoms with Crippen molar-refractivity contribution in [1.29, 1.82) is 0 Å². The van der Waals surface area contributed by atoms with Gasteiger partial charge >= 0.3 is 5.97 Å². The van der Waals surface area contributed by atoms with E-state index in [1.54, 1.807) is 0 Å². The minimum atomic E-state index is -1.15. The van der Waals surface area contributed by atoms with Crippen LogP contribution in [0.25, 0.3) is 0 Å². The zero-order valence-electron chi connectivity index (χ0n) is 8.80. The van der Waals surface area contributed by atoms with Gasteiger partial charge in [-0.3, -0.25) is 4.79 Å². The number of nitrogens with zero attached hydrogens (tertiary/aromatic N) is 3. The number of carbonyl (C=O) groups excluding carboxylic acids is 1. The molecule has 0 radical (unpaired) electrons. The molecule has 0 aliphatic heterocycles. The molecule has 1 amide bonds. The first kappa shape index (κ1) is 10.6. The van der Waals surface area contributed by atoms with Gasteiger partial charge in [0.1, 0.15) is 6.54 Å². The van der Waals surface area contributed by atoms with Gasteiger partial charge in [0.15, 0.2) is 5.69 Å². The summed E-state index contributed by atoms with van der Waals surface area (Å²) in [6.07, 6.45) is 3.20. The second-order valence-corrected chi connectivity index (χ2v) is 4.22. The highest BCUT2D eigenvalue weighted by molar-refractivity contribution is 5.84. The number of rotatable bonds is 4. The zero-order valence-corrected chi connectivity index (χ0v) is 8.80. The normalized spacial score (nSPS) is 16.8. The summed E-state index contributed by atoms with van der Waals surface area (Å²) in [5, 5.41) is 18.4. The van der Waals surface area contributed by atoms with Crippen LogP contribution in [0.3, 0.4) is 0 Å². The van der Waals surface area contributed by atoms with Gasteiger partial charge in [0.2, 0.25) is 5.91 Å².